The second-order valence-corrected chi connectivity index (χ2v) is 8.98. The highest BCUT2D eigenvalue weighted by atomic mass is 32.2. The number of amides is 1. The van der Waals surface area contributed by atoms with Crippen molar-refractivity contribution in [3.63, 3.8) is 0 Å². The molecule has 0 fully saturated rings. The van der Waals surface area contributed by atoms with Crippen molar-refractivity contribution in [1.29, 1.82) is 0 Å². The van der Waals surface area contributed by atoms with Crippen LogP contribution in [0.15, 0.2) is 48.5 Å². The van der Waals surface area contributed by atoms with Crippen molar-refractivity contribution in [2.24, 2.45) is 0 Å². The van der Waals surface area contributed by atoms with Gasteiger partial charge in [-0.25, -0.2) is 0 Å². The molecule has 3 nitrogen and oxygen atoms in total. The molecule has 1 amide bonds. The van der Waals surface area contributed by atoms with Gasteiger partial charge >= 0.3 is 0 Å². The average Bonchev–Trinajstić information content (AvgIpc) is 2.57. The molecule has 0 atom stereocenters. The summed E-state index contributed by atoms with van der Waals surface area (Å²) >= 11 is 6.93. The van der Waals surface area contributed by atoms with Gasteiger partial charge in [0.15, 0.2) is 4.32 Å². The maximum absolute atomic E-state index is 13.2. The first-order valence-electron chi connectivity index (χ1n) is 8.53. The van der Waals surface area contributed by atoms with E-state index < -0.39 is 0 Å². The van der Waals surface area contributed by atoms with Crippen LogP contribution in [-0.2, 0) is 0 Å². The van der Waals surface area contributed by atoms with Crippen molar-refractivity contribution in [3.05, 3.63) is 65.2 Å². The predicted octanol–water partition coefficient (Wildman–Crippen LogP) is 5.61. The van der Waals surface area contributed by atoms with Crippen LogP contribution in [0.5, 0.6) is 0 Å². The van der Waals surface area contributed by atoms with Gasteiger partial charge in [-0.15, -0.1) is 0 Å². The Hall–Kier alpha value is -1.85. The van der Waals surface area contributed by atoms with E-state index in [0.717, 1.165) is 16.8 Å². The Kier molecular flexibility index (Phi) is 6.48. The first-order valence-corrected chi connectivity index (χ1v) is 9.71. The van der Waals surface area contributed by atoms with Crippen LogP contribution in [0.2, 0.25) is 0 Å². The summed E-state index contributed by atoms with van der Waals surface area (Å²) in [4.78, 5) is 15.1. The normalized spacial score (nSPS) is 11.2. The van der Waals surface area contributed by atoms with E-state index in [2.05, 4.69) is 6.07 Å². The lowest BCUT2D eigenvalue weighted by atomic mass is 10.0. The van der Waals surface area contributed by atoms with E-state index in [9.17, 15) is 4.79 Å². The number of aryl methyl sites for hydroxylation is 2. The van der Waals surface area contributed by atoms with Crippen molar-refractivity contribution in [2.75, 3.05) is 11.9 Å². The van der Waals surface area contributed by atoms with E-state index in [1.54, 1.807) is 4.31 Å². The molecule has 0 spiro atoms. The Balaban J connectivity index is 2.28. The molecule has 2 rings (SSSR count). The summed E-state index contributed by atoms with van der Waals surface area (Å²) < 4.78 is 2.40. The van der Waals surface area contributed by atoms with Crippen molar-refractivity contribution < 1.29 is 4.79 Å². The summed E-state index contributed by atoms with van der Waals surface area (Å²) in [7, 11) is 1.92. The van der Waals surface area contributed by atoms with Gasteiger partial charge < -0.3 is 4.90 Å². The maximum Gasteiger partial charge on any atom is 0.264 e. The summed E-state index contributed by atoms with van der Waals surface area (Å²) in [5, 5.41) is 0. The number of carbonyl (C=O) groups is 1. The van der Waals surface area contributed by atoms with Crippen LogP contribution >= 0.6 is 24.2 Å². The van der Waals surface area contributed by atoms with E-state index >= 15 is 0 Å². The molecule has 0 aliphatic heterocycles. The molecule has 0 aromatic heterocycles. The van der Waals surface area contributed by atoms with Gasteiger partial charge in [0.1, 0.15) is 0 Å². The first-order chi connectivity index (χ1) is 12.1. The molecular formula is C21H26N2OS2. The average molecular weight is 387 g/mol. The molecule has 0 aliphatic carbocycles. The molecule has 0 bridgehead atoms. The molecule has 0 aliphatic rings. The lowest BCUT2D eigenvalue weighted by Gasteiger charge is -2.35. The van der Waals surface area contributed by atoms with Crippen molar-refractivity contribution in [2.45, 2.75) is 40.2 Å². The first kappa shape index (κ1) is 20.5. The largest absolute Gasteiger partial charge is 0.329 e. The Labute approximate surface area is 166 Å². The fourth-order valence-corrected chi connectivity index (χ4v) is 3.77. The third kappa shape index (κ3) is 5.08. The molecular weight excluding hydrogens is 360 g/mol. The molecule has 2 aromatic carbocycles. The lowest BCUT2D eigenvalue weighted by molar-refractivity contribution is 0.0793. The van der Waals surface area contributed by atoms with Gasteiger partial charge in [0.2, 0.25) is 0 Å². The van der Waals surface area contributed by atoms with Crippen LogP contribution < -0.4 is 4.90 Å². The molecule has 5 heteroatoms. The minimum Gasteiger partial charge on any atom is -0.329 e. The maximum atomic E-state index is 13.2. The monoisotopic (exact) mass is 386 g/mol. The standard InChI is InChI=1S/C21H26N2OS2/c1-15-12-16(2)14-17(13-15)19(24)23(21(3,4)5)26-20(25)22(6)18-10-8-7-9-11-18/h7-14H,1-6H3. The van der Waals surface area contributed by atoms with Gasteiger partial charge in [-0.1, -0.05) is 47.6 Å². The number of carbonyl (C=O) groups excluding carboxylic acids is 1. The molecule has 0 N–H and O–H groups in total. The molecule has 26 heavy (non-hydrogen) atoms. The minimum absolute atomic E-state index is 0.0295. The van der Waals surface area contributed by atoms with Gasteiger partial charge in [-0.05, 0) is 58.9 Å². The van der Waals surface area contributed by atoms with E-state index in [1.807, 2.05) is 89.0 Å². The fourth-order valence-electron chi connectivity index (χ4n) is 2.59. The lowest BCUT2D eigenvalue weighted by Crippen LogP contribution is -2.43. The number of rotatable bonds is 2. The zero-order valence-corrected chi connectivity index (χ0v) is 17.9. The number of anilines is 1. The van der Waals surface area contributed by atoms with Crippen LogP contribution in [0, 0.1) is 13.8 Å². The number of thiocarbonyl (C=S) groups is 1. The highest BCUT2D eigenvalue weighted by Crippen LogP contribution is 2.30. The predicted molar refractivity (Wildman–Crippen MR) is 117 cm³/mol. The summed E-state index contributed by atoms with van der Waals surface area (Å²) in [6.45, 7) is 10.1. The van der Waals surface area contributed by atoms with Crippen LogP contribution in [0.3, 0.4) is 0 Å². The number of nitrogens with zero attached hydrogens (tertiary/aromatic N) is 2. The van der Waals surface area contributed by atoms with Crippen LogP contribution in [0.4, 0.5) is 5.69 Å². The van der Waals surface area contributed by atoms with Crippen molar-refractivity contribution in [3.8, 4) is 0 Å². The summed E-state index contributed by atoms with van der Waals surface area (Å²) in [5.74, 6) is -0.0295. The fraction of sp³-hybridized carbons (Fsp3) is 0.333. The van der Waals surface area contributed by atoms with E-state index in [-0.39, 0.29) is 11.4 Å². The molecule has 0 saturated heterocycles. The van der Waals surface area contributed by atoms with Gasteiger partial charge in [-0.3, -0.25) is 9.10 Å². The van der Waals surface area contributed by atoms with Gasteiger partial charge in [0.05, 0.1) is 0 Å². The van der Waals surface area contributed by atoms with Crippen LogP contribution in [0.1, 0.15) is 42.3 Å². The molecule has 0 radical (unpaired) electrons. The second-order valence-electron chi connectivity index (χ2n) is 7.40. The number of benzene rings is 2. The van der Waals surface area contributed by atoms with Gasteiger partial charge in [0.25, 0.3) is 5.91 Å². The molecule has 0 unspecified atom stereocenters. The molecule has 2 aromatic rings. The zero-order chi connectivity index (χ0) is 19.5. The summed E-state index contributed by atoms with van der Waals surface area (Å²) in [5.41, 5.74) is 3.47. The number of para-hydroxylation sites is 1. The van der Waals surface area contributed by atoms with Crippen molar-refractivity contribution in [1.82, 2.24) is 4.31 Å². The zero-order valence-electron chi connectivity index (χ0n) is 16.2. The molecule has 0 saturated carbocycles. The third-order valence-electron chi connectivity index (χ3n) is 3.85. The number of hydrogen-bond donors (Lipinski definition) is 0. The van der Waals surface area contributed by atoms with Crippen molar-refractivity contribution >= 4 is 40.1 Å². The van der Waals surface area contributed by atoms with Gasteiger partial charge in [0, 0.05) is 35.8 Å². The number of hydrogen-bond acceptors (Lipinski definition) is 3. The van der Waals surface area contributed by atoms with E-state index in [1.165, 1.54) is 11.9 Å². The topological polar surface area (TPSA) is 23.6 Å². The third-order valence-corrected chi connectivity index (χ3v) is 5.67. The minimum atomic E-state index is -0.374. The molecule has 0 heterocycles. The smallest absolute Gasteiger partial charge is 0.264 e. The SMILES string of the molecule is Cc1cc(C)cc(C(=O)N(SC(=S)N(C)c2ccccc2)C(C)(C)C)c1. The quantitative estimate of drug-likeness (QED) is 0.494. The Morgan fingerprint density at radius 3 is 2.04 bits per heavy atom. The van der Waals surface area contributed by atoms with Crippen LogP contribution in [0.25, 0.3) is 0 Å². The summed E-state index contributed by atoms with van der Waals surface area (Å²) in [6.07, 6.45) is 0. The Bertz CT molecular complexity index is 777. The van der Waals surface area contributed by atoms with E-state index in [4.69, 9.17) is 12.2 Å². The van der Waals surface area contributed by atoms with Gasteiger partial charge in [-0.2, -0.15) is 0 Å². The van der Waals surface area contributed by atoms with Crippen LogP contribution in [-0.4, -0.2) is 27.1 Å². The second kappa shape index (κ2) is 8.23. The molecule has 138 valence electrons. The van der Waals surface area contributed by atoms with E-state index in [0.29, 0.717) is 9.88 Å². The summed E-state index contributed by atoms with van der Waals surface area (Å²) in [6, 6.07) is 15.8. The highest BCUT2D eigenvalue weighted by Gasteiger charge is 2.30. The highest BCUT2D eigenvalue weighted by molar-refractivity contribution is 8.22. The Morgan fingerprint density at radius 1 is 1.00 bits per heavy atom. The Morgan fingerprint density at radius 2 is 1.54 bits per heavy atom.